The van der Waals surface area contributed by atoms with Gasteiger partial charge < -0.3 is 10.1 Å². The topological polar surface area (TPSA) is 51.2 Å². The fourth-order valence-electron chi connectivity index (χ4n) is 2.74. The number of carbonyl (C=O) groups is 1. The lowest BCUT2D eigenvalue weighted by Crippen LogP contribution is -2.10. The summed E-state index contributed by atoms with van der Waals surface area (Å²) in [6.45, 7) is 3.76. The molecule has 0 unspecified atom stereocenters. The Balaban J connectivity index is 2.17. The van der Waals surface area contributed by atoms with Crippen LogP contribution in [0.25, 0.3) is 10.9 Å². The highest BCUT2D eigenvalue weighted by Gasteiger charge is 2.31. The molecule has 0 aliphatic rings. The molecule has 0 fully saturated rings. The highest BCUT2D eigenvalue weighted by atomic mass is 19.4. The van der Waals surface area contributed by atoms with Gasteiger partial charge in [0, 0.05) is 17.3 Å². The minimum absolute atomic E-state index is 0.132. The van der Waals surface area contributed by atoms with Crippen molar-refractivity contribution in [1.82, 2.24) is 4.98 Å². The Hall–Kier alpha value is -3.09. The van der Waals surface area contributed by atoms with Crippen LogP contribution in [0, 0.1) is 6.92 Å². The number of carbonyl (C=O) groups excluding carboxylic acids is 1. The van der Waals surface area contributed by atoms with E-state index in [2.05, 4.69) is 10.3 Å². The van der Waals surface area contributed by atoms with E-state index in [0.717, 1.165) is 17.7 Å². The van der Waals surface area contributed by atoms with Gasteiger partial charge in [-0.15, -0.1) is 0 Å². The first-order valence-corrected chi connectivity index (χ1v) is 8.30. The van der Waals surface area contributed by atoms with Gasteiger partial charge in [0.1, 0.15) is 5.56 Å². The highest BCUT2D eigenvalue weighted by molar-refractivity contribution is 6.06. The summed E-state index contributed by atoms with van der Waals surface area (Å²) in [5, 5.41) is 3.53. The Labute approximate surface area is 154 Å². The van der Waals surface area contributed by atoms with Gasteiger partial charge in [0.15, 0.2) is 0 Å². The van der Waals surface area contributed by atoms with Crippen LogP contribution in [0.15, 0.2) is 48.7 Å². The normalized spacial score (nSPS) is 11.4. The maximum Gasteiger partial charge on any atom is 0.416 e. The van der Waals surface area contributed by atoms with Crippen molar-refractivity contribution in [1.29, 1.82) is 0 Å². The Morgan fingerprint density at radius 2 is 1.96 bits per heavy atom. The van der Waals surface area contributed by atoms with Crippen molar-refractivity contribution >= 4 is 28.2 Å². The molecule has 7 heteroatoms. The molecule has 0 amide bonds. The Kier molecular flexibility index (Phi) is 5.03. The van der Waals surface area contributed by atoms with E-state index in [0.29, 0.717) is 16.8 Å². The molecule has 1 aromatic heterocycles. The molecule has 4 nitrogen and oxygen atoms in total. The summed E-state index contributed by atoms with van der Waals surface area (Å²) in [7, 11) is 0. The average molecular weight is 374 g/mol. The molecular formula is C20H17F3N2O2. The molecule has 0 saturated carbocycles. The second-order valence-electron chi connectivity index (χ2n) is 5.99. The first kappa shape index (κ1) is 18.7. The zero-order valence-corrected chi connectivity index (χ0v) is 14.7. The number of halogens is 3. The molecule has 1 N–H and O–H groups in total. The number of ether oxygens (including phenoxy) is 1. The van der Waals surface area contributed by atoms with E-state index in [-0.39, 0.29) is 17.7 Å². The maximum absolute atomic E-state index is 13.0. The summed E-state index contributed by atoms with van der Waals surface area (Å²) in [5.74, 6) is -0.595. The minimum atomic E-state index is -4.47. The molecule has 3 aromatic rings. The molecule has 0 aliphatic heterocycles. The molecule has 2 aromatic carbocycles. The fraction of sp³-hybridized carbons (Fsp3) is 0.200. The standard InChI is InChI=1S/C20H17F3N2O2/c1-3-27-19(26)16-11-24-17-10-13(20(21,22)23)7-8-15(17)18(16)25-14-6-4-5-12(2)9-14/h4-11H,3H2,1-2H3,(H,24,25). The summed E-state index contributed by atoms with van der Waals surface area (Å²) in [5.41, 5.74) is 1.55. The molecule has 0 saturated heterocycles. The van der Waals surface area contributed by atoms with E-state index in [1.165, 1.54) is 12.3 Å². The lowest BCUT2D eigenvalue weighted by Gasteiger charge is -2.15. The number of rotatable bonds is 4. The first-order chi connectivity index (χ1) is 12.8. The quantitative estimate of drug-likeness (QED) is 0.614. The number of nitrogens with one attached hydrogen (secondary N) is 1. The Morgan fingerprint density at radius 1 is 1.19 bits per heavy atom. The van der Waals surface area contributed by atoms with Crippen LogP contribution in [0.3, 0.4) is 0 Å². The number of alkyl halides is 3. The van der Waals surface area contributed by atoms with Crippen molar-refractivity contribution in [3.63, 3.8) is 0 Å². The zero-order chi connectivity index (χ0) is 19.6. The van der Waals surface area contributed by atoms with Crippen molar-refractivity contribution in [2.75, 3.05) is 11.9 Å². The average Bonchev–Trinajstić information content (AvgIpc) is 2.61. The van der Waals surface area contributed by atoms with E-state index >= 15 is 0 Å². The summed E-state index contributed by atoms with van der Waals surface area (Å²) >= 11 is 0. The van der Waals surface area contributed by atoms with Gasteiger partial charge in [-0.1, -0.05) is 18.2 Å². The van der Waals surface area contributed by atoms with Gasteiger partial charge in [-0.25, -0.2) is 4.79 Å². The second-order valence-corrected chi connectivity index (χ2v) is 5.99. The summed E-state index contributed by atoms with van der Waals surface area (Å²) in [6.07, 6.45) is -3.24. The molecule has 140 valence electrons. The molecule has 0 bridgehead atoms. The number of esters is 1. The van der Waals surface area contributed by atoms with E-state index in [4.69, 9.17) is 4.74 Å². The van der Waals surface area contributed by atoms with Gasteiger partial charge in [0.2, 0.25) is 0 Å². The zero-order valence-electron chi connectivity index (χ0n) is 14.7. The van der Waals surface area contributed by atoms with Crippen LogP contribution in [-0.4, -0.2) is 17.6 Å². The van der Waals surface area contributed by atoms with Crippen LogP contribution >= 0.6 is 0 Å². The molecule has 3 rings (SSSR count). The molecular weight excluding hydrogens is 357 g/mol. The largest absolute Gasteiger partial charge is 0.462 e. The lowest BCUT2D eigenvalue weighted by atomic mass is 10.1. The number of anilines is 2. The number of hydrogen-bond acceptors (Lipinski definition) is 4. The van der Waals surface area contributed by atoms with Gasteiger partial charge in [0.25, 0.3) is 0 Å². The van der Waals surface area contributed by atoms with Crippen molar-refractivity contribution in [2.24, 2.45) is 0 Å². The van der Waals surface area contributed by atoms with Crippen LogP contribution in [0.2, 0.25) is 0 Å². The SMILES string of the molecule is CCOC(=O)c1cnc2cc(C(F)(F)F)ccc2c1Nc1cccc(C)c1. The summed E-state index contributed by atoms with van der Waals surface area (Å²) in [4.78, 5) is 16.3. The van der Waals surface area contributed by atoms with E-state index < -0.39 is 17.7 Å². The van der Waals surface area contributed by atoms with Crippen LogP contribution in [0.4, 0.5) is 24.5 Å². The maximum atomic E-state index is 13.0. The highest BCUT2D eigenvalue weighted by Crippen LogP contribution is 2.35. The van der Waals surface area contributed by atoms with E-state index in [9.17, 15) is 18.0 Å². The van der Waals surface area contributed by atoms with Crippen molar-refractivity contribution in [2.45, 2.75) is 20.0 Å². The number of nitrogens with zero attached hydrogens (tertiary/aromatic N) is 1. The lowest BCUT2D eigenvalue weighted by molar-refractivity contribution is -0.137. The van der Waals surface area contributed by atoms with Gasteiger partial charge >= 0.3 is 12.1 Å². The van der Waals surface area contributed by atoms with Crippen LogP contribution in [0.5, 0.6) is 0 Å². The third-order valence-corrected chi connectivity index (χ3v) is 3.98. The van der Waals surface area contributed by atoms with E-state index in [1.54, 1.807) is 13.0 Å². The first-order valence-electron chi connectivity index (χ1n) is 8.30. The van der Waals surface area contributed by atoms with Crippen molar-refractivity contribution in [3.8, 4) is 0 Å². The van der Waals surface area contributed by atoms with Crippen LogP contribution in [-0.2, 0) is 10.9 Å². The number of fused-ring (bicyclic) bond motifs is 1. The van der Waals surface area contributed by atoms with E-state index in [1.807, 2.05) is 25.1 Å². The molecule has 0 atom stereocenters. The minimum Gasteiger partial charge on any atom is -0.462 e. The molecule has 1 heterocycles. The van der Waals surface area contributed by atoms with Gasteiger partial charge in [0.05, 0.1) is 23.4 Å². The molecule has 27 heavy (non-hydrogen) atoms. The molecule has 0 spiro atoms. The summed E-state index contributed by atoms with van der Waals surface area (Å²) < 4.78 is 44.1. The van der Waals surface area contributed by atoms with Crippen molar-refractivity contribution in [3.05, 3.63) is 65.4 Å². The van der Waals surface area contributed by atoms with Crippen LogP contribution in [0.1, 0.15) is 28.4 Å². The predicted octanol–water partition coefficient (Wildman–Crippen LogP) is 5.48. The second kappa shape index (κ2) is 7.26. The Morgan fingerprint density at radius 3 is 2.63 bits per heavy atom. The smallest absolute Gasteiger partial charge is 0.416 e. The number of aryl methyl sites for hydroxylation is 1. The molecule has 0 aliphatic carbocycles. The van der Waals surface area contributed by atoms with Crippen LogP contribution < -0.4 is 5.32 Å². The predicted molar refractivity (Wildman–Crippen MR) is 97.2 cm³/mol. The third-order valence-electron chi connectivity index (χ3n) is 3.98. The van der Waals surface area contributed by atoms with Gasteiger partial charge in [-0.2, -0.15) is 13.2 Å². The molecule has 0 radical (unpaired) electrons. The van der Waals surface area contributed by atoms with Crippen molar-refractivity contribution < 1.29 is 22.7 Å². The monoisotopic (exact) mass is 374 g/mol. The number of pyridine rings is 1. The summed E-state index contributed by atoms with van der Waals surface area (Å²) in [6, 6.07) is 10.7. The third kappa shape index (κ3) is 4.02. The number of hydrogen-bond donors (Lipinski definition) is 1. The Bertz CT molecular complexity index is 1000. The van der Waals surface area contributed by atoms with Gasteiger partial charge in [-0.05, 0) is 43.7 Å². The number of benzene rings is 2. The van der Waals surface area contributed by atoms with Gasteiger partial charge in [-0.3, -0.25) is 4.98 Å². The fourth-order valence-corrected chi connectivity index (χ4v) is 2.74. The number of aromatic nitrogens is 1.